The van der Waals surface area contributed by atoms with Gasteiger partial charge in [0.1, 0.15) is 5.75 Å². The quantitative estimate of drug-likeness (QED) is 0.505. The topological polar surface area (TPSA) is 76.0 Å². The Balaban J connectivity index is 2.46. The molecular weight excluding hydrogens is 180 g/mol. The van der Waals surface area contributed by atoms with Crippen LogP contribution in [-0.4, -0.2) is 16.8 Å². The molecule has 0 saturated heterocycles. The standard InChI is InChI=1S/C9H12N4O/c1-2-14-6-3-4-7-8(5-6)12-13-9(7)11-10/h3-5H,2,10H2,1H3,(H2,11,12,13). The normalized spacial score (nSPS) is 10.4. The highest BCUT2D eigenvalue weighted by molar-refractivity contribution is 5.90. The summed E-state index contributed by atoms with van der Waals surface area (Å²) in [5.41, 5.74) is 3.42. The van der Waals surface area contributed by atoms with E-state index in [0.29, 0.717) is 12.4 Å². The molecule has 4 N–H and O–H groups in total. The minimum absolute atomic E-state index is 0.642. The fraction of sp³-hybridized carbons (Fsp3) is 0.222. The number of aromatic nitrogens is 2. The Hall–Kier alpha value is -1.75. The fourth-order valence-corrected chi connectivity index (χ4v) is 1.37. The molecule has 5 heteroatoms. The van der Waals surface area contributed by atoms with Crippen LogP contribution in [0, 0.1) is 0 Å². The number of rotatable bonds is 3. The molecule has 1 aromatic carbocycles. The maximum absolute atomic E-state index is 5.36. The van der Waals surface area contributed by atoms with Gasteiger partial charge >= 0.3 is 0 Å². The van der Waals surface area contributed by atoms with Gasteiger partial charge < -0.3 is 10.2 Å². The molecule has 0 amide bonds. The van der Waals surface area contributed by atoms with Crippen LogP contribution in [0.1, 0.15) is 6.92 Å². The van der Waals surface area contributed by atoms with Gasteiger partial charge in [-0.2, -0.15) is 5.10 Å². The van der Waals surface area contributed by atoms with Gasteiger partial charge in [-0.1, -0.05) is 0 Å². The minimum atomic E-state index is 0.642. The first-order valence-corrected chi connectivity index (χ1v) is 4.42. The molecule has 2 rings (SSSR count). The average molecular weight is 192 g/mol. The highest BCUT2D eigenvalue weighted by Crippen LogP contribution is 2.23. The molecule has 0 unspecified atom stereocenters. The SMILES string of the molecule is CCOc1ccc2c(NN)n[nH]c2c1. The van der Waals surface area contributed by atoms with Crippen molar-refractivity contribution in [3.63, 3.8) is 0 Å². The van der Waals surface area contributed by atoms with Crippen LogP contribution in [0.25, 0.3) is 10.9 Å². The van der Waals surface area contributed by atoms with Gasteiger partial charge in [0.25, 0.3) is 0 Å². The Morgan fingerprint density at radius 3 is 3.14 bits per heavy atom. The molecule has 0 aliphatic carbocycles. The highest BCUT2D eigenvalue weighted by Gasteiger charge is 2.04. The molecule has 0 radical (unpaired) electrons. The van der Waals surface area contributed by atoms with Gasteiger partial charge in [-0.3, -0.25) is 5.10 Å². The number of H-pyrrole nitrogens is 1. The van der Waals surface area contributed by atoms with E-state index in [1.165, 1.54) is 0 Å². The number of fused-ring (bicyclic) bond motifs is 1. The van der Waals surface area contributed by atoms with Crippen molar-refractivity contribution < 1.29 is 4.74 Å². The summed E-state index contributed by atoms with van der Waals surface area (Å²) < 4.78 is 5.36. The lowest BCUT2D eigenvalue weighted by molar-refractivity contribution is 0.340. The minimum Gasteiger partial charge on any atom is -0.494 e. The molecular formula is C9H12N4O. The predicted molar refractivity (Wildman–Crippen MR) is 55.1 cm³/mol. The molecule has 0 aliphatic heterocycles. The van der Waals surface area contributed by atoms with E-state index in [0.717, 1.165) is 16.7 Å². The number of nitrogens with two attached hydrogens (primary N) is 1. The first-order valence-electron chi connectivity index (χ1n) is 4.42. The van der Waals surface area contributed by atoms with Gasteiger partial charge in [0.15, 0.2) is 5.82 Å². The third kappa shape index (κ3) is 1.38. The van der Waals surface area contributed by atoms with Crippen LogP contribution in [0.5, 0.6) is 5.75 Å². The largest absolute Gasteiger partial charge is 0.494 e. The maximum atomic E-state index is 5.36. The van der Waals surface area contributed by atoms with E-state index >= 15 is 0 Å². The molecule has 0 saturated carbocycles. The lowest BCUT2D eigenvalue weighted by Gasteiger charge is -2.01. The van der Waals surface area contributed by atoms with E-state index in [2.05, 4.69) is 15.6 Å². The van der Waals surface area contributed by atoms with Crippen LogP contribution in [0.15, 0.2) is 18.2 Å². The van der Waals surface area contributed by atoms with E-state index in [1.54, 1.807) is 0 Å². The number of hydrogen-bond acceptors (Lipinski definition) is 4. The molecule has 5 nitrogen and oxygen atoms in total. The maximum Gasteiger partial charge on any atom is 0.169 e. The Morgan fingerprint density at radius 1 is 1.57 bits per heavy atom. The highest BCUT2D eigenvalue weighted by atomic mass is 16.5. The number of nitrogens with one attached hydrogen (secondary N) is 2. The second-order valence-corrected chi connectivity index (χ2v) is 2.86. The number of nitrogen functional groups attached to an aromatic ring is 1. The van der Waals surface area contributed by atoms with Crippen LogP contribution in [0.4, 0.5) is 5.82 Å². The summed E-state index contributed by atoms with van der Waals surface area (Å²) in [7, 11) is 0. The Morgan fingerprint density at radius 2 is 2.43 bits per heavy atom. The van der Waals surface area contributed by atoms with Crippen molar-refractivity contribution >= 4 is 16.7 Å². The number of anilines is 1. The molecule has 74 valence electrons. The summed E-state index contributed by atoms with van der Waals surface area (Å²) >= 11 is 0. The van der Waals surface area contributed by atoms with Gasteiger partial charge in [-0.25, -0.2) is 5.84 Å². The lowest BCUT2D eigenvalue weighted by atomic mass is 10.2. The van der Waals surface area contributed by atoms with E-state index in [9.17, 15) is 0 Å². The summed E-state index contributed by atoms with van der Waals surface area (Å²) in [5.74, 6) is 6.76. The molecule has 0 spiro atoms. The van der Waals surface area contributed by atoms with Gasteiger partial charge in [0.2, 0.25) is 0 Å². The first-order chi connectivity index (χ1) is 6.85. The zero-order chi connectivity index (χ0) is 9.97. The van der Waals surface area contributed by atoms with E-state index in [-0.39, 0.29) is 0 Å². The van der Waals surface area contributed by atoms with Crippen LogP contribution in [0.2, 0.25) is 0 Å². The molecule has 0 fully saturated rings. The summed E-state index contributed by atoms with van der Waals surface area (Å²) in [6, 6.07) is 5.70. The molecule has 0 bridgehead atoms. The number of nitrogens with zero attached hydrogens (tertiary/aromatic N) is 1. The van der Waals surface area contributed by atoms with Crippen molar-refractivity contribution in [2.45, 2.75) is 6.92 Å². The molecule has 14 heavy (non-hydrogen) atoms. The number of hydrazine groups is 1. The van der Waals surface area contributed by atoms with Crippen LogP contribution in [-0.2, 0) is 0 Å². The third-order valence-corrected chi connectivity index (χ3v) is 1.98. The van der Waals surface area contributed by atoms with E-state index in [1.807, 2.05) is 25.1 Å². The van der Waals surface area contributed by atoms with E-state index < -0.39 is 0 Å². The summed E-state index contributed by atoms with van der Waals surface area (Å²) in [5, 5.41) is 7.82. The van der Waals surface area contributed by atoms with Gasteiger partial charge in [-0.05, 0) is 19.1 Å². The van der Waals surface area contributed by atoms with Crippen LogP contribution in [0.3, 0.4) is 0 Å². The van der Waals surface area contributed by atoms with E-state index in [4.69, 9.17) is 10.6 Å². The van der Waals surface area contributed by atoms with Gasteiger partial charge in [-0.15, -0.1) is 0 Å². The van der Waals surface area contributed by atoms with Crippen LogP contribution < -0.4 is 16.0 Å². The molecule has 1 aromatic heterocycles. The zero-order valence-corrected chi connectivity index (χ0v) is 7.87. The zero-order valence-electron chi connectivity index (χ0n) is 7.87. The van der Waals surface area contributed by atoms with Crippen molar-refractivity contribution in [2.75, 3.05) is 12.0 Å². The first kappa shape index (κ1) is 8.83. The lowest BCUT2D eigenvalue weighted by Crippen LogP contribution is -2.07. The summed E-state index contributed by atoms with van der Waals surface area (Å²) in [6.07, 6.45) is 0. The number of benzene rings is 1. The smallest absolute Gasteiger partial charge is 0.169 e. The Labute approximate surface area is 81.2 Å². The molecule has 2 aromatic rings. The number of aromatic amines is 1. The number of hydrogen-bond donors (Lipinski definition) is 3. The molecule has 1 heterocycles. The second-order valence-electron chi connectivity index (χ2n) is 2.86. The third-order valence-electron chi connectivity index (χ3n) is 1.98. The average Bonchev–Trinajstić information content (AvgIpc) is 2.60. The number of ether oxygens (including phenoxy) is 1. The molecule has 0 aliphatic rings. The monoisotopic (exact) mass is 192 g/mol. The second kappa shape index (κ2) is 3.55. The van der Waals surface area contributed by atoms with Crippen LogP contribution >= 0.6 is 0 Å². The van der Waals surface area contributed by atoms with Gasteiger partial charge in [0, 0.05) is 11.5 Å². The van der Waals surface area contributed by atoms with Crippen molar-refractivity contribution in [3.8, 4) is 5.75 Å². The van der Waals surface area contributed by atoms with Gasteiger partial charge in [0.05, 0.1) is 12.1 Å². The Bertz CT molecular complexity index is 437. The summed E-state index contributed by atoms with van der Waals surface area (Å²) in [6.45, 7) is 2.60. The Kier molecular flexibility index (Phi) is 2.24. The summed E-state index contributed by atoms with van der Waals surface area (Å²) in [4.78, 5) is 0. The molecule has 0 atom stereocenters. The van der Waals surface area contributed by atoms with Crippen molar-refractivity contribution in [2.24, 2.45) is 5.84 Å². The fourth-order valence-electron chi connectivity index (χ4n) is 1.37. The predicted octanol–water partition coefficient (Wildman–Crippen LogP) is 1.25. The van der Waals surface area contributed by atoms with Crippen molar-refractivity contribution in [3.05, 3.63) is 18.2 Å². The van der Waals surface area contributed by atoms with Crippen molar-refractivity contribution in [1.29, 1.82) is 0 Å². The van der Waals surface area contributed by atoms with Crippen molar-refractivity contribution in [1.82, 2.24) is 10.2 Å².